The highest BCUT2D eigenvalue weighted by atomic mass is 16.6. The molecule has 0 radical (unpaired) electrons. The molecule has 0 aliphatic carbocycles. The van der Waals surface area contributed by atoms with Crippen molar-refractivity contribution >= 4 is 40.6 Å². The number of nitrogens with one attached hydrogen (secondary N) is 1. The number of amides is 1. The van der Waals surface area contributed by atoms with Crippen molar-refractivity contribution < 1.29 is 29.2 Å². The predicted octanol–water partition coefficient (Wildman–Crippen LogP) is 3.70. The second-order valence-corrected chi connectivity index (χ2v) is 9.73. The van der Waals surface area contributed by atoms with Gasteiger partial charge in [0.2, 0.25) is 0 Å². The van der Waals surface area contributed by atoms with Gasteiger partial charge in [-0.15, -0.1) is 0 Å². The van der Waals surface area contributed by atoms with E-state index >= 15 is 0 Å². The molecule has 4 rings (SSSR count). The number of piperazine rings is 1. The topological polar surface area (TPSA) is 176 Å². The van der Waals surface area contributed by atoms with Gasteiger partial charge in [-0.3, -0.25) is 30.4 Å². The minimum absolute atomic E-state index is 0.0274. The number of hydrogen-bond donors (Lipinski definition) is 2. The van der Waals surface area contributed by atoms with Crippen LogP contribution in [0, 0.1) is 20.2 Å². The first-order valence-corrected chi connectivity index (χ1v) is 13.1. The zero-order valence-electron chi connectivity index (χ0n) is 24.0. The van der Waals surface area contributed by atoms with Crippen molar-refractivity contribution in [2.75, 3.05) is 69.7 Å². The molecule has 2 N–H and O–H groups in total. The molecule has 0 atom stereocenters. The van der Waals surface area contributed by atoms with E-state index in [4.69, 9.17) is 9.47 Å². The molecule has 0 aromatic heterocycles. The lowest BCUT2D eigenvalue weighted by molar-refractivity contribution is -0.384. The molecule has 15 nitrogen and oxygen atoms in total. The van der Waals surface area contributed by atoms with Crippen molar-refractivity contribution in [3.05, 3.63) is 79.9 Å². The Kier molecular flexibility index (Phi) is 9.13. The van der Waals surface area contributed by atoms with E-state index in [1.54, 1.807) is 48.2 Å². The van der Waals surface area contributed by atoms with Crippen molar-refractivity contribution in [2.24, 2.45) is 5.10 Å². The molecule has 1 aliphatic heterocycles. The molecule has 0 spiro atoms. The molecule has 15 heteroatoms. The number of carbonyl (C=O) groups excluding carboxylic acids is 1. The van der Waals surface area contributed by atoms with Crippen LogP contribution in [0.5, 0.6) is 17.2 Å². The smallest absolute Gasteiger partial charge is 0.294 e. The number of phenolic OH excluding ortho intramolecular Hbond substituents is 1. The van der Waals surface area contributed by atoms with Gasteiger partial charge in [0.1, 0.15) is 17.1 Å². The summed E-state index contributed by atoms with van der Waals surface area (Å²) >= 11 is 0. The quantitative estimate of drug-likeness (QED) is 0.199. The van der Waals surface area contributed by atoms with E-state index in [-0.39, 0.29) is 39.9 Å². The molecule has 1 heterocycles. The van der Waals surface area contributed by atoms with Gasteiger partial charge in [0.15, 0.2) is 11.5 Å². The number of ether oxygens (including phenoxy) is 2. The number of hydrazone groups is 1. The Morgan fingerprint density at radius 2 is 1.63 bits per heavy atom. The van der Waals surface area contributed by atoms with Crippen LogP contribution in [0.3, 0.4) is 0 Å². The third-order valence-corrected chi connectivity index (χ3v) is 6.92. The number of nitro benzene ring substituents is 2. The lowest BCUT2D eigenvalue weighted by atomic mass is 10.1. The van der Waals surface area contributed by atoms with Crippen LogP contribution in [-0.4, -0.2) is 86.5 Å². The van der Waals surface area contributed by atoms with Crippen molar-refractivity contribution in [2.45, 2.75) is 0 Å². The predicted molar refractivity (Wildman–Crippen MR) is 161 cm³/mol. The summed E-state index contributed by atoms with van der Waals surface area (Å²) in [7, 11) is 6.16. The second kappa shape index (κ2) is 12.9. The van der Waals surface area contributed by atoms with Gasteiger partial charge in [-0.25, -0.2) is 0 Å². The summed E-state index contributed by atoms with van der Waals surface area (Å²) in [4.78, 5) is 40.8. The number of methoxy groups -OCH3 is 2. The Morgan fingerprint density at radius 1 is 0.953 bits per heavy atom. The number of hydrogen-bond acceptors (Lipinski definition) is 12. The molecule has 0 bridgehead atoms. The van der Waals surface area contributed by atoms with Crippen LogP contribution >= 0.6 is 0 Å². The fourth-order valence-electron chi connectivity index (χ4n) is 4.66. The Hall–Kier alpha value is -5.60. The maximum Gasteiger partial charge on any atom is 0.294 e. The van der Waals surface area contributed by atoms with E-state index in [9.17, 15) is 30.1 Å². The number of rotatable bonds is 10. The molecule has 1 saturated heterocycles. The molecule has 1 aliphatic rings. The lowest BCUT2D eigenvalue weighted by Gasteiger charge is -2.36. The zero-order valence-corrected chi connectivity index (χ0v) is 24.0. The van der Waals surface area contributed by atoms with E-state index < -0.39 is 15.8 Å². The molecule has 3 aromatic carbocycles. The van der Waals surface area contributed by atoms with Crippen molar-refractivity contribution in [1.82, 2.24) is 4.90 Å². The second-order valence-electron chi connectivity index (χ2n) is 9.73. The van der Waals surface area contributed by atoms with Crippen molar-refractivity contribution in [1.29, 1.82) is 0 Å². The summed E-state index contributed by atoms with van der Waals surface area (Å²) in [6.07, 6.45) is 1.44. The summed E-state index contributed by atoms with van der Waals surface area (Å²) in [6, 6.07) is 12.0. The van der Waals surface area contributed by atoms with Gasteiger partial charge in [0, 0.05) is 64.2 Å². The van der Waals surface area contributed by atoms with E-state index in [2.05, 4.69) is 10.5 Å². The average Bonchev–Trinajstić information content (AvgIpc) is 3.00. The lowest BCUT2D eigenvalue weighted by Crippen LogP contribution is -2.48. The van der Waals surface area contributed by atoms with Gasteiger partial charge in [-0.1, -0.05) is 0 Å². The number of carbonyl (C=O) groups is 1. The first-order chi connectivity index (χ1) is 20.5. The van der Waals surface area contributed by atoms with Crippen LogP contribution in [0.4, 0.5) is 28.4 Å². The highest BCUT2D eigenvalue weighted by Gasteiger charge is 2.29. The largest absolute Gasteiger partial charge is 0.504 e. The molecule has 226 valence electrons. The van der Waals surface area contributed by atoms with Gasteiger partial charge >= 0.3 is 0 Å². The normalized spacial score (nSPS) is 13.1. The number of anilines is 3. The molecule has 43 heavy (non-hydrogen) atoms. The Labute approximate surface area is 246 Å². The van der Waals surface area contributed by atoms with Crippen LogP contribution < -0.4 is 24.7 Å². The number of benzene rings is 3. The van der Waals surface area contributed by atoms with E-state index in [1.807, 2.05) is 4.90 Å². The first kappa shape index (κ1) is 30.4. The molecular weight excluding hydrogens is 562 g/mol. The van der Waals surface area contributed by atoms with Gasteiger partial charge in [-0.05, 0) is 35.9 Å². The minimum atomic E-state index is -0.532. The third kappa shape index (κ3) is 6.66. The average molecular weight is 594 g/mol. The Balaban J connectivity index is 1.49. The molecular formula is C28H31N7O8. The summed E-state index contributed by atoms with van der Waals surface area (Å²) in [5.41, 5.74) is 4.21. The van der Waals surface area contributed by atoms with Crippen molar-refractivity contribution in [3.8, 4) is 17.2 Å². The molecule has 3 aromatic rings. The molecule has 0 unspecified atom stereocenters. The SMILES string of the molecule is COc1cc(C=NNc2cc(N3CCN(C(=O)c4cc([N+](=O)[O-])c(N(C)C)cc4OC)CC3)ccc2[N+](=O)[O-])ccc1O. The molecule has 1 fully saturated rings. The van der Waals surface area contributed by atoms with Gasteiger partial charge in [-0.2, -0.15) is 5.10 Å². The summed E-state index contributed by atoms with van der Waals surface area (Å²) < 4.78 is 10.5. The Bertz CT molecular complexity index is 1570. The number of aromatic hydroxyl groups is 1. The summed E-state index contributed by atoms with van der Waals surface area (Å²) in [5, 5.41) is 37.2. The standard InChI is InChI=1S/C28H31N7O8/c1-31(2)23-16-26(42-3)20(15-24(23)35(40)41)28(37)33-11-9-32(10-12-33)19-6-7-22(34(38)39)21(14-19)30-29-17-18-5-8-25(36)27(13-18)43-4/h5-8,13-17,30,36H,9-12H2,1-4H3. The first-order valence-electron chi connectivity index (χ1n) is 13.1. The highest BCUT2D eigenvalue weighted by Crippen LogP contribution is 2.36. The maximum absolute atomic E-state index is 13.4. The fourth-order valence-corrected chi connectivity index (χ4v) is 4.66. The number of nitro groups is 2. The third-order valence-electron chi connectivity index (χ3n) is 6.92. The molecule has 0 saturated carbocycles. The summed E-state index contributed by atoms with van der Waals surface area (Å²) in [5.74, 6) is 0.0764. The number of phenols is 1. The Morgan fingerprint density at radius 3 is 2.23 bits per heavy atom. The fraction of sp³-hybridized carbons (Fsp3) is 0.286. The van der Waals surface area contributed by atoms with Gasteiger partial charge < -0.3 is 29.3 Å². The molecule has 1 amide bonds. The monoisotopic (exact) mass is 593 g/mol. The van der Waals surface area contributed by atoms with E-state index in [0.29, 0.717) is 43.1 Å². The maximum atomic E-state index is 13.4. The summed E-state index contributed by atoms with van der Waals surface area (Å²) in [6.45, 7) is 1.46. The van der Waals surface area contributed by atoms with Crippen molar-refractivity contribution in [3.63, 3.8) is 0 Å². The zero-order chi connectivity index (χ0) is 31.3. The van der Waals surface area contributed by atoms with Crippen LogP contribution in [0.15, 0.2) is 53.6 Å². The minimum Gasteiger partial charge on any atom is -0.504 e. The van der Waals surface area contributed by atoms with Crippen LogP contribution in [0.2, 0.25) is 0 Å². The highest BCUT2D eigenvalue weighted by molar-refractivity contribution is 5.99. The van der Waals surface area contributed by atoms with Gasteiger partial charge in [0.25, 0.3) is 17.3 Å². The van der Waals surface area contributed by atoms with E-state index in [1.165, 1.54) is 44.7 Å². The number of nitrogens with zero attached hydrogens (tertiary/aromatic N) is 6. The van der Waals surface area contributed by atoms with E-state index in [0.717, 1.165) is 0 Å². The van der Waals surface area contributed by atoms with Crippen LogP contribution in [0.1, 0.15) is 15.9 Å². The van der Waals surface area contributed by atoms with Gasteiger partial charge in [0.05, 0.1) is 35.8 Å². The van der Waals surface area contributed by atoms with Crippen LogP contribution in [-0.2, 0) is 0 Å². The van der Waals surface area contributed by atoms with Crippen LogP contribution in [0.25, 0.3) is 0 Å².